The van der Waals surface area contributed by atoms with Crippen molar-refractivity contribution in [1.82, 2.24) is 0 Å². The van der Waals surface area contributed by atoms with Gasteiger partial charge in [-0.25, -0.2) is 0 Å². The summed E-state index contributed by atoms with van der Waals surface area (Å²) in [4.78, 5) is 12.5. The molecule has 150 valence electrons. The summed E-state index contributed by atoms with van der Waals surface area (Å²) in [6.07, 6.45) is 4.37. The molecule has 0 aromatic heterocycles. The minimum Gasteiger partial charge on any atom is -0.507 e. The number of aliphatic hydroxyl groups is 1. The van der Waals surface area contributed by atoms with Crippen LogP contribution in [0.15, 0.2) is 54.1 Å². The van der Waals surface area contributed by atoms with Gasteiger partial charge >= 0.3 is 0 Å². The molecule has 0 saturated carbocycles. The normalized spacial score (nSPS) is 12.1. The first-order valence-electron chi connectivity index (χ1n) is 9.34. The molecule has 3 N–H and O–H groups in total. The Morgan fingerprint density at radius 3 is 2.29 bits per heavy atom. The van der Waals surface area contributed by atoms with Gasteiger partial charge in [0.1, 0.15) is 29.4 Å². The van der Waals surface area contributed by atoms with Crippen LogP contribution >= 0.6 is 0 Å². The molecule has 2 rings (SSSR count). The molecule has 28 heavy (non-hydrogen) atoms. The Balaban J connectivity index is 1.99. The van der Waals surface area contributed by atoms with E-state index in [9.17, 15) is 20.1 Å². The fourth-order valence-corrected chi connectivity index (χ4v) is 2.82. The summed E-state index contributed by atoms with van der Waals surface area (Å²) >= 11 is 0. The van der Waals surface area contributed by atoms with Gasteiger partial charge < -0.3 is 20.1 Å². The minimum atomic E-state index is -0.662. The van der Waals surface area contributed by atoms with E-state index >= 15 is 0 Å². The fraction of sp³-hybridized carbons (Fsp3) is 0.348. The number of allylic oxidation sites excluding steroid dienone is 1. The molecule has 0 aliphatic rings. The lowest BCUT2D eigenvalue weighted by atomic mass is 9.99. The summed E-state index contributed by atoms with van der Waals surface area (Å²) in [5.74, 6) is -0.825. The first kappa shape index (κ1) is 21.5. The SMILES string of the molecule is C/C(=C\COc1cc(O)c(C(=O)c2ccccc2)c(O)c1)CCCC(C)(C)O. The van der Waals surface area contributed by atoms with E-state index in [2.05, 4.69) is 0 Å². The molecule has 0 atom stereocenters. The zero-order chi connectivity index (χ0) is 20.7. The molecule has 0 radical (unpaired) electrons. The monoisotopic (exact) mass is 384 g/mol. The smallest absolute Gasteiger partial charge is 0.200 e. The predicted molar refractivity (Wildman–Crippen MR) is 109 cm³/mol. The Morgan fingerprint density at radius 2 is 1.71 bits per heavy atom. The number of benzene rings is 2. The number of ketones is 1. The van der Waals surface area contributed by atoms with Crippen LogP contribution in [0.4, 0.5) is 0 Å². The summed E-state index contributed by atoms with van der Waals surface area (Å²) in [5, 5.41) is 30.1. The van der Waals surface area contributed by atoms with Gasteiger partial charge in [0.25, 0.3) is 0 Å². The lowest BCUT2D eigenvalue weighted by Crippen LogP contribution is -2.17. The quantitative estimate of drug-likeness (QED) is 0.435. The third kappa shape index (κ3) is 6.43. The zero-order valence-electron chi connectivity index (χ0n) is 16.6. The second-order valence-corrected chi connectivity index (χ2v) is 7.56. The van der Waals surface area contributed by atoms with Crippen LogP contribution in [0.2, 0.25) is 0 Å². The fourth-order valence-electron chi connectivity index (χ4n) is 2.82. The molecule has 5 nitrogen and oxygen atoms in total. The van der Waals surface area contributed by atoms with Crippen LogP contribution in [0.3, 0.4) is 0 Å². The lowest BCUT2D eigenvalue weighted by molar-refractivity contribution is 0.0689. The Labute approximate surface area is 165 Å². The van der Waals surface area contributed by atoms with Crippen LogP contribution in [-0.4, -0.2) is 33.3 Å². The van der Waals surface area contributed by atoms with Gasteiger partial charge in [0.15, 0.2) is 0 Å². The van der Waals surface area contributed by atoms with Crippen molar-refractivity contribution in [3.05, 3.63) is 65.2 Å². The Kier molecular flexibility index (Phi) is 7.24. The molecule has 0 amide bonds. The Hall–Kier alpha value is -2.79. The van der Waals surface area contributed by atoms with Crippen molar-refractivity contribution in [1.29, 1.82) is 0 Å². The van der Waals surface area contributed by atoms with E-state index in [4.69, 9.17) is 4.74 Å². The predicted octanol–water partition coefficient (Wildman–Crippen LogP) is 4.60. The first-order valence-corrected chi connectivity index (χ1v) is 9.34. The van der Waals surface area contributed by atoms with Crippen molar-refractivity contribution in [2.24, 2.45) is 0 Å². The second-order valence-electron chi connectivity index (χ2n) is 7.56. The number of phenolic OH excluding ortho intramolecular Hbond substituents is 2. The number of rotatable bonds is 9. The molecule has 2 aromatic rings. The molecular weight excluding hydrogens is 356 g/mol. The standard InChI is InChI=1S/C23H28O5/c1-16(8-7-12-23(2,3)27)11-13-28-18-14-19(24)21(20(25)15-18)22(26)17-9-5-4-6-10-17/h4-6,9-11,14-15,24-25,27H,7-8,12-13H2,1-3H3/b16-11+. The van der Waals surface area contributed by atoms with Crippen molar-refractivity contribution < 1.29 is 24.9 Å². The molecule has 0 unspecified atom stereocenters. The highest BCUT2D eigenvalue weighted by molar-refractivity contribution is 6.12. The number of aromatic hydroxyl groups is 2. The van der Waals surface area contributed by atoms with Crippen molar-refractivity contribution in [3.63, 3.8) is 0 Å². The zero-order valence-corrected chi connectivity index (χ0v) is 16.6. The highest BCUT2D eigenvalue weighted by Gasteiger charge is 2.19. The molecule has 2 aromatic carbocycles. The van der Waals surface area contributed by atoms with Gasteiger partial charge in [-0.2, -0.15) is 0 Å². The summed E-state index contributed by atoms with van der Waals surface area (Å²) in [6, 6.07) is 11.1. The third-order valence-electron chi connectivity index (χ3n) is 4.37. The average molecular weight is 384 g/mol. The largest absolute Gasteiger partial charge is 0.507 e. The van der Waals surface area contributed by atoms with E-state index in [0.717, 1.165) is 24.8 Å². The molecule has 0 spiro atoms. The highest BCUT2D eigenvalue weighted by atomic mass is 16.5. The van der Waals surface area contributed by atoms with Gasteiger partial charge in [0, 0.05) is 17.7 Å². The Bertz CT molecular complexity index is 809. The maximum Gasteiger partial charge on any atom is 0.200 e. The second kappa shape index (κ2) is 9.42. The molecule has 0 heterocycles. The molecule has 0 aliphatic heterocycles. The number of carbonyl (C=O) groups is 1. The first-order chi connectivity index (χ1) is 13.2. The summed E-state index contributed by atoms with van der Waals surface area (Å²) in [6.45, 7) is 5.85. The summed E-state index contributed by atoms with van der Waals surface area (Å²) < 4.78 is 5.57. The average Bonchev–Trinajstić information content (AvgIpc) is 2.60. The van der Waals surface area contributed by atoms with E-state index in [1.807, 2.05) is 13.0 Å². The van der Waals surface area contributed by atoms with Crippen molar-refractivity contribution in [2.45, 2.75) is 45.6 Å². The van der Waals surface area contributed by atoms with Crippen LogP contribution in [-0.2, 0) is 0 Å². The van der Waals surface area contributed by atoms with E-state index in [1.165, 1.54) is 12.1 Å². The van der Waals surface area contributed by atoms with Crippen molar-refractivity contribution in [3.8, 4) is 17.2 Å². The van der Waals surface area contributed by atoms with Gasteiger partial charge in [-0.15, -0.1) is 0 Å². The van der Waals surface area contributed by atoms with Gasteiger partial charge in [-0.3, -0.25) is 4.79 Å². The van der Waals surface area contributed by atoms with Gasteiger partial charge in [-0.05, 0) is 46.1 Å². The van der Waals surface area contributed by atoms with E-state index < -0.39 is 11.4 Å². The third-order valence-corrected chi connectivity index (χ3v) is 4.37. The number of carbonyl (C=O) groups excluding carboxylic acids is 1. The number of ether oxygens (including phenoxy) is 1. The molecule has 0 fully saturated rings. The molecule has 0 aliphatic carbocycles. The number of hydrogen-bond donors (Lipinski definition) is 3. The Morgan fingerprint density at radius 1 is 1.11 bits per heavy atom. The molecular formula is C23H28O5. The van der Waals surface area contributed by atoms with Crippen LogP contribution in [0.5, 0.6) is 17.2 Å². The molecule has 5 heteroatoms. The van der Waals surface area contributed by atoms with Gasteiger partial charge in [-0.1, -0.05) is 35.9 Å². The molecule has 0 saturated heterocycles. The van der Waals surface area contributed by atoms with Crippen molar-refractivity contribution >= 4 is 5.78 Å². The number of hydrogen-bond acceptors (Lipinski definition) is 5. The topological polar surface area (TPSA) is 87.0 Å². The van der Waals surface area contributed by atoms with Gasteiger partial charge in [0.2, 0.25) is 5.78 Å². The van der Waals surface area contributed by atoms with Crippen LogP contribution in [0.1, 0.15) is 56.0 Å². The summed E-state index contributed by atoms with van der Waals surface area (Å²) in [7, 11) is 0. The molecule has 0 bridgehead atoms. The van der Waals surface area contributed by atoms with Crippen LogP contribution < -0.4 is 4.74 Å². The maximum absolute atomic E-state index is 12.5. The van der Waals surface area contributed by atoms with Crippen LogP contribution in [0.25, 0.3) is 0 Å². The lowest BCUT2D eigenvalue weighted by Gasteiger charge is -2.16. The minimum absolute atomic E-state index is 0.142. The summed E-state index contributed by atoms with van der Waals surface area (Å²) in [5.41, 5.74) is 0.710. The van der Waals surface area contributed by atoms with Crippen molar-refractivity contribution in [2.75, 3.05) is 6.61 Å². The van der Waals surface area contributed by atoms with Gasteiger partial charge in [0.05, 0.1) is 5.60 Å². The maximum atomic E-state index is 12.5. The van der Waals surface area contributed by atoms with E-state index in [-0.39, 0.29) is 29.4 Å². The number of phenols is 2. The van der Waals surface area contributed by atoms with Crippen LogP contribution in [0, 0.1) is 0 Å². The van der Waals surface area contributed by atoms with E-state index in [0.29, 0.717) is 5.56 Å². The van der Waals surface area contributed by atoms with E-state index in [1.54, 1.807) is 44.2 Å². The highest BCUT2D eigenvalue weighted by Crippen LogP contribution is 2.34.